The number of ether oxygens (including phenoxy) is 1. The van der Waals surface area contributed by atoms with Gasteiger partial charge in [0.1, 0.15) is 6.61 Å². The van der Waals surface area contributed by atoms with E-state index in [9.17, 15) is 31.6 Å². The molecule has 138 valence electrons. The third-order valence-electron chi connectivity index (χ3n) is 3.54. The zero-order valence-corrected chi connectivity index (χ0v) is 14.5. The molecule has 25 heavy (non-hydrogen) atoms. The fraction of sp³-hybridized carbons (Fsp3) is 0.538. The molecule has 2 rings (SSSR count). The van der Waals surface area contributed by atoms with E-state index in [2.05, 4.69) is 0 Å². The molecule has 1 heterocycles. The number of nitriles is 1. The molecule has 0 saturated heterocycles. The zero-order valence-electron chi connectivity index (χ0n) is 12.9. The molecule has 2 N–H and O–H groups in total. The van der Waals surface area contributed by atoms with Crippen LogP contribution in [-0.2, 0) is 10.0 Å². The minimum absolute atomic E-state index is 0.00180. The summed E-state index contributed by atoms with van der Waals surface area (Å²) in [6, 6.07) is 2.04. The molecule has 1 saturated carbocycles. The van der Waals surface area contributed by atoms with Crippen LogP contribution in [0.5, 0.6) is 5.06 Å². The van der Waals surface area contributed by atoms with E-state index in [0.29, 0.717) is 0 Å². The number of alkyl halides is 3. The first-order chi connectivity index (χ1) is 11.4. The Labute approximate surface area is 145 Å². The van der Waals surface area contributed by atoms with Gasteiger partial charge in [-0.15, -0.1) is 11.3 Å². The fourth-order valence-electron chi connectivity index (χ4n) is 2.23. The zero-order chi connectivity index (χ0) is 19.0. The van der Waals surface area contributed by atoms with Crippen molar-refractivity contribution in [2.75, 3.05) is 6.61 Å². The van der Waals surface area contributed by atoms with Crippen molar-refractivity contribution in [3.63, 3.8) is 0 Å². The number of carbonyl (C=O) groups excluding carboxylic acids is 1. The van der Waals surface area contributed by atoms with E-state index < -0.39 is 39.6 Å². The molecule has 12 heteroatoms. The Hall–Kier alpha value is -1.84. The Morgan fingerprint density at radius 1 is 1.52 bits per heavy atom. The molecule has 0 unspecified atom stereocenters. The number of rotatable bonds is 7. The Kier molecular flexibility index (Phi) is 5.04. The summed E-state index contributed by atoms with van der Waals surface area (Å²) in [6.07, 6.45) is 0.441. The summed E-state index contributed by atoms with van der Waals surface area (Å²) in [7, 11) is -5.72. The van der Waals surface area contributed by atoms with Gasteiger partial charge in [0, 0.05) is 6.04 Å². The predicted octanol–water partition coefficient (Wildman–Crippen LogP) is 1.82. The minimum atomic E-state index is -5.72. The van der Waals surface area contributed by atoms with Crippen LogP contribution < -0.4 is 10.5 Å². The lowest BCUT2D eigenvalue weighted by atomic mass is 10.1. The van der Waals surface area contributed by atoms with Crippen molar-refractivity contribution in [2.45, 2.75) is 36.9 Å². The van der Waals surface area contributed by atoms with E-state index in [1.165, 1.54) is 11.4 Å². The second kappa shape index (κ2) is 6.47. The standard InChI is InChI=1S/C13H14F3N3O4S2/c1-12(6-17,7-23-11-9(10(18)20)4-5-24-11)19(8-2-3-8)25(21,22)13(14,15)16/h4-5,8H,2-3,7H2,1H3,(H2,18,20)/t12-/m0/s1. The van der Waals surface area contributed by atoms with Crippen LogP contribution in [0.4, 0.5) is 13.2 Å². The number of primary amides is 1. The van der Waals surface area contributed by atoms with Crippen LogP contribution in [0.1, 0.15) is 30.1 Å². The van der Waals surface area contributed by atoms with Crippen LogP contribution in [0, 0.1) is 11.3 Å². The molecule has 0 spiro atoms. The molecule has 1 aromatic heterocycles. The van der Waals surface area contributed by atoms with Crippen LogP contribution in [0.15, 0.2) is 11.4 Å². The summed E-state index contributed by atoms with van der Waals surface area (Å²) in [5.41, 5.74) is -2.49. The minimum Gasteiger partial charge on any atom is -0.480 e. The van der Waals surface area contributed by atoms with Gasteiger partial charge in [-0.25, -0.2) is 8.42 Å². The number of hydrogen-bond acceptors (Lipinski definition) is 6. The molecule has 1 amide bonds. The number of thiophene rings is 1. The molecule has 0 aliphatic heterocycles. The lowest BCUT2D eigenvalue weighted by Gasteiger charge is -2.35. The van der Waals surface area contributed by atoms with Crippen molar-refractivity contribution in [3.05, 3.63) is 17.0 Å². The van der Waals surface area contributed by atoms with Gasteiger partial charge in [0.2, 0.25) is 0 Å². The highest BCUT2D eigenvalue weighted by Gasteiger charge is 2.60. The summed E-state index contributed by atoms with van der Waals surface area (Å²) < 4.78 is 68.2. The first-order valence-electron chi connectivity index (χ1n) is 6.96. The molecule has 1 aliphatic rings. The number of carbonyl (C=O) groups is 1. The molecule has 0 aromatic carbocycles. The van der Waals surface area contributed by atoms with Crippen molar-refractivity contribution in [3.8, 4) is 11.1 Å². The molecule has 1 atom stereocenters. The van der Waals surface area contributed by atoms with Crippen LogP contribution in [0.3, 0.4) is 0 Å². The molecule has 1 aliphatic carbocycles. The number of nitrogens with zero attached hydrogens (tertiary/aromatic N) is 2. The Bertz CT molecular complexity index is 811. The highest BCUT2D eigenvalue weighted by Crippen LogP contribution is 2.41. The lowest BCUT2D eigenvalue weighted by molar-refractivity contribution is -0.0522. The molecule has 1 fully saturated rings. The summed E-state index contributed by atoms with van der Waals surface area (Å²) in [5.74, 6) is -0.808. The first kappa shape index (κ1) is 19.5. The largest absolute Gasteiger partial charge is 0.511 e. The third-order valence-corrected chi connectivity index (χ3v) is 6.16. The van der Waals surface area contributed by atoms with E-state index in [1.807, 2.05) is 0 Å². The summed E-state index contributed by atoms with van der Waals surface area (Å²) in [4.78, 5) is 11.2. The number of sulfonamides is 1. The van der Waals surface area contributed by atoms with Gasteiger partial charge in [-0.05, 0) is 31.2 Å². The SMILES string of the molecule is C[C@](C#N)(COc1sccc1C(N)=O)N(C1CC1)S(=O)(=O)C(F)(F)F. The molecular formula is C13H14F3N3O4S2. The van der Waals surface area contributed by atoms with Crippen LogP contribution in [0.2, 0.25) is 0 Å². The van der Waals surface area contributed by atoms with Gasteiger partial charge in [-0.2, -0.15) is 22.7 Å². The maximum Gasteiger partial charge on any atom is 0.511 e. The average molecular weight is 397 g/mol. The van der Waals surface area contributed by atoms with E-state index in [0.717, 1.165) is 18.3 Å². The Balaban J connectivity index is 2.32. The highest BCUT2D eigenvalue weighted by atomic mass is 32.2. The van der Waals surface area contributed by atoms with Gasteiger partial charge in [-0.3, -0.25) is 4.79 Å². The summed E-state index contributed by atoms with van der Waals surface area (Å²) >= 11 is 0.955. The van der Waals surface area contributed by atoms with Crippen molar-refractivity contribution in [1.29, 1.82) is 5.26 Å². The van der Waals surface area contributed by atoms with Gasteiger partial charge >= 0.3 is 15.5 Å². The second-order valence-electron chi connectivity index (χ2n) is 5.64. The first-order valence-corrected chi connectivity index (χ1v) is 9.28. The van der Waals surface area contributed by atoms with E-state index in [1.54, 1.807) is 6.07 Å². The Morgan fingerprint density at radius 3 is 2.56 bits per heavy atom. The second-order valence-corrected chi connectivity index (χ2v) is 8.32. The lowest BCUT2D eigenvalue weighted by Crippen LogP contribution is -2.57. The molecular weight excluding hydrogens is 383 g/mol. The number of nitrogens with two attached hydrogens (primary N) is 1. The van der Waals surface area contributed by atoms with Gasteiger partial charge in [0.05, 0.1) is 11.6 Å². The summed E-state index contributed by atoms with van der Waals surface area (Å²) in [5, 5.41) is 10.9. The molecule has 0 bridgehead atoms. The normalized spacial score (nSPS) is 17.8. The Morgan fingerprint density at radius 2 is 2.12 bits per heavy atom. The summed E-state index contributed by atoms with van der Waals surface area (Å²) in [6.45, 7) is 0.363. The van der Waals surface area contributed by atoms with Crippen LogP contribution in [0.25, 0.3) is 0 Å². The predicted molar refractivity (Wildman–Crippen MR) is 82.2 cm³/mol. The molecule has 0 radical (unpaired) electrons. The maximum absolute atomic E-state index is 13.0. The van der Waals surface area contributed by atoms with Crippen molar-refractivity contribution in [1.82, 2.24) is 4.31 Å². The van der Waals surface area contributed by atoms with Gasteiger partial charge < -0.3 is 10.5 Å². The van der Waals surface area contributed by atoms with Gasteiger partial charge in [0.15, 0.2) is 10.6 Å². The number of amides is 1. The van der Waals surface area contributed by atoms with Crippen molar-refractivity contribution in [2.24, 2.45) is 5.73 Å². The van der Waals surface area contributed by atoms with Gasteiger partial charge in [0.25, 0.3) is 5.91 Å². The molecule has 1 aromatic rings. The van der Waals surface area contributed by atoms with Crippen LogP contribution >= 0.6 is 11.3 Å². The van der Waals surface area contributed by atoms with E-state index >= 15 is 0 Å². The third kappa shape index (κ3) is 3.73. The number of halogens is 3. The fourth-order valence-corrected chi connectivity index (χ4v) is 4.43. The van der Waals surface area contributed by atoms with E-state index in [4.69, 9.17) is 10.5 Å². The van der Waals surface area contributed by atoms with Crippen molar-refractivity contribution >= 4 is 27.3 Å². The molecule has 7 nitrogen and oxygen atoms in total. The van der Waals surface area contributed by atoms with Gasteiger partial charge in [-0.1, -0.05) is 0 Å². The topological polar surface area (TPSA) is 113 Å². The van der Waals surface area contributed by atoms with Crippen LogP contribution in [-0.4, -0.2) is 42.3 Å². The highest BCUT2D eigenvalue weighted by molar-refractivity contribution is 7.90. The monoisotopic (exact) mass is 397 g/mol. The maximum atomic E-state index is 13.0. The smallest absolute Gasteiger partial charge is 0.480 e. The average Bonchev–Trinajstić information content (AvgIpc) is 3.18. The van der Waals surface area contributed by atoms with Crippen molar-refractivity contribution < 1.29 is 31.1 Å². The van der Waals surface area contributed by atoms with E-state index in [-0.39, 0.29) is 27.8 Å². The quantitative estimate of drug-likeness (QED) is 0.754. The number of hydrogen-bond donors (Lipinski definition) is 1.